The fourth-order valence-electron chi connectivity index (χ4n) is 1.77. The van der Waals surface area contributed by atoms with Gasteiger partial charge in [-0.15, -0.1) is 0 Å². The van der Waals surface area contributed by atoms with Gasteiger partial charge in [-0.3, -0.25) is 0 Å². The highest BCUT2D eigenvalue weighted by Crippen LogP contribution is 2.25. The molecule has 96 valence electrons. The largest absolute Gasteiger partial charge is 0.324 e. The van der Waals surface area contributed by atoms with Gasteiger partial charge >= 0.3 is 0 Å². The van der Waals surface area contributed by atoms with Crippen LogP contribution in [0.5, 0.6) is 0 Å². The minimum Gasteiger partial charge on any atom is -0.324 e. The second kappa shape index (κ2) is 5.24. The van der Waals surface area contributed by atoms with Crippen LogP contribution in [-0.4, -0.2) is 9.78 Å². The Morgan fingerprint density at radius 3 is 2.44 bits per heavy atom. The molecular formula is C14H18BrN3. The molecule has 18 heavy (non-hydrogen) atoms. The van der Waals surface area contributed by atoms with Gasteiger partial charge in [0.2, 0.25) is 0 Å². The molecule has 0 amide bonds. The van der Waals surface area contributed by atoms with E-state index in [1.54, 1.807) is 0 Å². The Balaban J connectivity index is 2.38. The summed E-state index contributed by atoms with van der Waals surface area (Å²) in [5, 5.41) is 4.57. The average Bonchev–Trinajstić information content (AvgIpc) is 2.78. The standard InChI is InChI=1S/C14H18BrN3/c1-9(2)13-6-7-18(17-13)14-5-4-11(10(3)16)8-12(14)15/h4-10H,16H2,1-3H3/t10-/m0/s1. The highest BCUT2D eigenvalue weighted by molar-refractivity contribution is 9.10. The molecule has 1 aromatic carbocycles. The lowest BCUT2D eigenvalue weighted by atomic mass is 10.1. The minimum absolute atomic E-state index is 0.0409. The Bertz CT molecular complexity index is 544. The number of hydrogen-bond donors (Lipinski definition) is 1. The molecule has 0 spiro atoms. The first-order valence-corrected chi connectivity index (χ1v) is 6.89. The van der Waals surface area contributed by atoms with Crippen LogP contribution in [-0.2, 0) is 0 Å². The monoisotopic (exact) mass is 307 g/mol. The van der Waals surface area contributed by atoms with E-state index in [-0.39, 0.29) is 6.04 Å². The summed E-state index contributed by atoms with van der Waals surface area (Å²) in [4.78, 5) is 0. The van der Waals surface area contributed by atoms with Crippen molar-refractivity contribution in [3.63, 3.8) is 0 Å². The van der Waals surface area contributed by atoms with Gasteiger partial charge < -0.3 is 5.73 Å². The van der Waals surface area contributed by atoms with Crippen molar-refractivity contribution in [3.8, 4) is 5.69 Å². The van der Waals surface area contributed by atoms with Crippen LogP contribution in [0.2, 0.25) is 0 Å². The molecule has 1 aromatic heterocycles. The Morgan fingerprint density at radius 2 is 1.94 bits per heavy atom. The Morgan fingerprint density at radius 1 is 1.22 bits per heavy atom. The molecule has 0 fully saturated rings. The summed E-state index contributed by atoms with van der Waals surface area (Å²) in [5.41, 5.74) is 9.11. The zero-order valence-electron chi connectivity index (χ0n) is 10.9. The first-order chi connectivity index (χ1) is 8.49. The molecule has 0 aliphatic heterocycles. The van der Waals surface area contributed by atoms with Gasteiger partial charge in [-0.05, 0) is 52.5 Å². The van der Waals surface area contributed by atoms with Crippen molar-refractivity contribution in [3.05, 3.63) is 46.2 Å². The first kappa shape index (κ1) is 13.3. The molecule has 1 atom stereocenters. The molecule has 0 unspecified atom stereocenters. The zero-order chi connectivity index (χ0) is 13.3. The lowest BCUT2D eigenvalue weighted by Gasteiger charge is -2.10. The van der Waals surface area contributed by atoms with Crippen molar-refractivity contribution in [1.29, 1.82) is 0 Å². The van der Waals surface area contributed by atoms with E-state index in [0.29, 0.717) is 5.92 Å². The molecule has 0 aliphatic rings. The molecule has 1 heterocycles. The molecule has 0 radical (unpaired) electrons. The van der Waals surface area contributed by atoms with Crippen LogP contribution in [0, 0.1) is 0 Å². The van der Waals surface area contributed by atoms with Crippen molar-refractivity contribution < 1.29 is 0 Å². The van der Waals surface area contributed by atoms with Crippen LogP contribution in [0.4, 0.5) is 0 Å². The summed E-state index contributed by atoms with van der Waals surface area (Å²) in [5.74, 6) is 0.438. The van der Waals surface area contributed by atoms with E-state index in [0.717, 1.165) is 21.4 Å². The lowest BCUT2D eigenvalue weighted by Crippen LogP contribution is -2.06. The summed E-state index contributed by atoms with van der Waals surface area (Å²) in [6.07, 6.45) is 1.99. The van der Waals surface area contributed by atoms with Gasteiger partial charge in [-0.1, -0.05) is 19.9 Å². The van der Waals surface area contributed by atoms with Gasteiger partial charge in [0.1, 0.15) is 0 Å². The molecule has 2 aromatic rings. The van der Waals surface area contributed by atoms with Gasteiger partial charge in [0, 0.05) is 16.7 Å². The molecule has 0 saturated heterocycles. The van der Waals surface area contributed by atoms with Crippen LogP contribution in [0.1, 0.15) is 44.0 Å². The van der Waals surface area contributed by atoms with E-state index >= 15 is 0 Å². The van der Waals surface area contributed by atoms with Crippen molar-refractivity contribution in [2.75, 3.05) is 0 Å². The third kappa shape index (κ3) is 2.65. The second-order valence-corrected chi connectivity index (χ2v) is 5.69. The van der Waals surface area contributed by atoms with E-state index in [9.17, 15) is 0 Å². The molecule has 3 nitrogen and oxygen atoms in total. The van der Waals surface area contributed by atoms with E-state index in [2.05, 4.69) is 47.0 Å². The van der Waals surface area contributed by atoms with Crippen molar-refractivity contribution >= 4 is 15.9 Å². The predicted octanol–water partition coefficient (Wildman–Crippen LogP) is 3.78. The summed E-state index contributed by atoms with van der Waals surface area (Å²) in [6, 6.07) is 8.23. The number of nitrogens with zero attached hydrogens (tertiary/aromatic N) is 2. The maximum absolute atomic E-state index is 5.87. The Labute approximate surface area is 116 Å². The zero-order valence-corrected chi connectivity index (χ0v) is 12.5. The van der Waals surface area contributed by atoms with Gasteiger partial charge in [0.15, 0.2) is 0 Å². The highest BCUT2D eigenvalue weighted by Gasteiger charge is 2.09. The number of hydrogen-bond acceptors (Lipinski definition) is 2. The number of aromatic nitrogens is 2. The van der Waals surface area contributed by atoms with Crippen LogP contribution in [0.15, 0.2) is 34.9 Å². The summed E-state index contributed by atoms with van der Waals surface area (Å²) < 4.78 is 2.90. The normalized spacial score (nSPS) is 13.0. The van der Waals surface area contributed by atoms with Crippen LogP contribution in [0.3, 0.4) is 0 Å². The first-order valence-electron chi connectivity index (χ1n) is 6.10. The van der Waals surface area contributed by atoms with Gasteiger partial charge in [0.25, 0.3) is 0 Å². The molecular weight excluding hydrogens is 290 g/mol. The molecule has 4 heteroatoms. The van der Waals surface area contributed by atoms with E-state index in [1.807, 2.05) is 29.9 Å². The average molecular weight is 308 g/mol. The second-order valence-electron chi connectivity index (χ2n) is 4.84. The SMILES string of the molecule is CC(C)c1ccn(-c2ccc([C@H](C)N)cc2Br)n1. The van der Waals surface area contributed by atoms with E-state index in [4.69, 9.17) is 5.73 Å². The summed E-state index contributed by atoms with van der Waals surface area (Å²) in [7, 11) is 0. The van der Waals surface area contributed by atoms with Crippen molar-refractivity contribution in [2.45, 2.75) is 32.7 Å². The molecule has 2 rings (SSSR count). The maximum atomic E-state index is 5.87. The quantitative estimate of drug-likeness (QED) is 0.938. The van der Waals surface area contributed by atoms with Gasteiger partial charge in [-0.2, -0.15) is 5.10 Å². The third-order valence-corrected chi connectivity index (χ3v) is 3.58. The van der Waals surface area contributed by atoms with Crippen molar-refractivity contribution in [2.24, 2.45) is 5.73 Å². The van der Waals surface area contributed by atoms with E-state index in [1.165, 1.54) is 0 Å². The highest BCUT2D eigenvalue weighted by atomic mass is 79.9. The van der Waals surface area contributed by atoms with Crippen LogP contribution in [0.25, 0.3) is 5.69 Å². The number of rotatable bonds is 3. The van der Waals surface area contributed by atoms with Crippen LogP contribution < -0.4 is 5.73 Å². The molecule has 0 saturated carbocycles. The smallest absolute Gasteiger partial charge is 0.0787 e. The Kier molecular flexibility index (Phi) is 3.88. The summed E-state index contributed by atoms with van der Waals surface area (Å²) >= 11 is 3.58. The number of benzene rings is 1. The fraction of sp³-hybridized carbons (Fsp3) is 0.357. The third-order valence-electron chi connectivity index (χ3n) is 2.95. The van der Waals surface area contributed by atoms with Crippen LogP contribution >= 0.6 is 15.9 Å². The van der Waals surface area contributed by atoms with E-state index < -0.39 is 0 Å². The molecule has 2 N–H and O–H groups in total. The number of nitrogens with two attached hydrogens (primary N) is 1. The lowest BCUT2D eigenvalue weighted by molar-refractivity contribution is 0.765. The fourth-order valence-corrected chi connectivity index (χ4v) is 2.35. The predicted molar refractivity (Wildman–Crippen MR) is 78.0 cm³/mol. The molecule has 0 bridgehead atoms. The van der Waals surface area contributed by atoms with Gasteiger partial charge in [0.05, 0.1) is 11.4 Å². The van der Waals surface area contributed by atoms with Crippen molar-refractivity contribution in [1.82, 2.24) is 9.78 Å². The van der Waals surface area contributed by atoms with Gasteiger partial charge in [-0.25, -0.2) is 4.68 Å². The number of halogens is 1. The minimum atomic E-state index is 0.0409. The summed E-state index contributed by atoms with van der Waals surface area (Å²) in [6.45, 7) is 6.26. The Hall–Kier alpha value is -1.13. The maximum Gasteiger partial charge on any atom is 0.0787 e. The molecule has 0 aliphatic carbocycles. The topological polar surface area (TPSA) is 43.8 Å².